The van der Waals surface area contributed by atoms with E-state index in [2.05, 4.69) is 39.1 Å². The van der Waals surface area contributed by atoms with Crippen LogP contribution >= 0.6 is 0 Å². The van der Waals surface area contributed by atoms with Gasteiger partial charge in [0.25, 0.3) is 5.84 Å². The van der Waals surface area contributed by atoms with Crippen LogP contribution in [0.5, 0.6) is 0 Å². The predicted molar refractivity (Wildman–Crippen MR) is 102 cm³/mol. The molecule has 3 aliphatic rings. The molecule has 176 valence electrons. The van der Waals surface area contributed by atoms with E-state index >= 15 is 0 Å². The highest BCUT2D eigenvalue weighted by atomic mass is 19.4. The van der Waals surface area contributed by atoms with E-state index < -0.39 is 43.0 Å². The van der Waals surface area contributed by atoms with Gasteiger partial charge in [0, 0.05) is 5.56 Å². The van der Waals surface area contributed by atoms with Crippen LogP contribution < -0.4 is 5.84 Å². The van der Waals surface area contributed by atoms with Gasteiger partial charge in [-0.25, -0.2) is 4.79 Å². The van der Waals surface area contributed by atoms with Crippen LogP contribution in [0.4, 0.5) is 30.7 Å². The van der Waals surface area contributed by atoms with Crippen molar-refractivity contribution in [2.24, 2.45) is 15.9 Å². The standard InChI is InChI=1S/C14H10F7N3O3.C6H4/c15-12(16,13(17,18)14(19,20)21)6-26-5-7-2-1-3-8(4-7)10-23-9(24-22)11(25)27-10;1-2-6-4-3-5(1)6/h1-4H,5-6,22H2;1-4H. The molecule has 0 radical (unpaired) electrons. The number of carbonyl (C=O) groups excluding carboxylic acids is 1. The van der Waals surface area contributed by atoms with Crippen LogP contribution in [0.2, 0.25) is 0 Å². The van der Waals surface area contributed by atoms with E-state index in [9.17, 15) is 35.5 Å². The Hall–Kier alpha value is -3.48. The molecule has 4 rings (SSSR count). The van der Waals surface area contributed by atoms with Crippen LogP contribution in [0.15, 0.2) is 58.6 Å². The highest BCUT2D eigenvalue weighted by Crippen LogP contribution is 2.46. The number of halogens is 7. The fourth-order valence-electron chi connectivity index (χ4n) is 2.56. The molecular formula is C20H14F7N3O3. The van der Waals surface area contributed by atoms with E-state index in [1.54, 1.807) is 0 Å². The number of hydrazone groups is 1. The Morgan fingerprint density at radius 1 is 0.939 bits per heavy atom. The number of carbonyl (C=O) groups is 1. The topological polar surface area (TPSA) is 86.3 Å². The third-order valence-corrected chi connectivity index (χ3v) is 4.46. The molecular weight excluding hydrogens is 463 g/mol. The second kappa shape index (κ2) is 8.81. The molecule has 1 aliphatic heterocycles. The fraction of sp³-hybridized carbons (Fsp3) is 0.250. The minimum absolute atomic E-state index is 0.121. The van der Waals surface area contributed by atoms with Gasteiger partial charge in [-0.05, 0) is 28.8 Å². The number of rotatable bonds is 6. The molecule has 0 fully saturated rings. The molecule has 0 aromatic heterocycles. The van der Waals surface area contributed by atoms with Gasteiger partial charge in [-0.1, -0.05) is 36.4 Å². The summed E-state index contributed by atoms with van der Waals surface area (Å²) in [5.74, 6) is -8.34. The molecule has 0 bridgehead atoms. The average molecular weight is 477 g/mol. The van der Waals surface area contributed by atoms with E-state index in [4.69, 9.17) is 10.6 Å². The number of esters is 1. The monoisotopic (exact) mass is 477 g/mol. The molecule has 2 N–H and O–H groups in total. The van der Waals surface area contributed by atoms with E-state index in [-0.39, 0.29) is 17.0 Å². The van der Waals surface area contributed by atoms with Gasteiger partial charge >= 0.3 is 24.0 Å². The molecule has 13 heteroatoms. The number of benzene rings is 2. The van der Waals surface area contributed by atoms with Crippen LogP contribution in [0.3, 0.4) is 0 Å². The van der Waals surface area contributed by atoms with Crippen LogP contribution in [0, 0.1) is 0 Å². The Bertz CT molecular complexity index is 1080. The molecule has 1 aromatic carbocycles. The zero-order chi connectivity index (χ0) is 24.4. The number of nitrogens with two attached hydrogens (primary N) is 1. The molecule has 0 saturated carbocycles. The van der Waals surface area contributed by atoms with E-state index in [1.807, 2.05) is 0 Å². The summed E-state index contributed by atoms with van der Waals surface area (Å²) in [7, 11) is 0. The molecule has 2 aliphatic carbocycles. The smallest absolute Gasteiger partial charge is 0.401 e. The molecule has 1 heterocycles. The van der Waals surface area contributed by atoms with Crippen molar-refractivity contribution in [2.75, 3.05) is 6.61 Å². The first-order valence-corrected chi connectivity index (χ1v) is 9.04. The maximum absolute atomic E-state index is 13.2. The fourth-order valence-corrected chi connectivity index (χ4v) is 2.56. The molecule has 0 amide bonds. The normalized spacial score (nSPS) is 16.2. The lowest BCUT2D eigenvalue weighted by molar-refractivity contribution is -0.361. The lowest BCUT2D eigenvalue weighted by atomic mass is 9.95. The van der Waals surface area contributed by atoms with Gasteiger partial charge in [0.15, 0.2) is 0 Å². The Kier molecular flexibility index (Phi) is 6.45. The summed E-state index contributed by atoms with van der Waals surface area (Å²) < 4.78 is 97.0. The first-order valence-electron chi connectivity index (χ1n) is 9.04. The van der Waals surface area contributed by atoms with Gasteiger partial charge in [0.05, 0.1) is 6.61 Å². The predicted octanol–water partition coefficient (Wildman–Crippen LogP) is 4.28. The zero-order valence-electron chi connectivity index (χ0n) is 16.4. The summed E-state index contributed by atoms with van der Waals surface area (Å²) in [4.78, 5) is 15.0. The molecule has 0 saturated heterocycles. The number of ether oxygens (including phenoxy) is 2. The van der Waals surface area contributed by atoms with Gasteiger partial charge in [0.1, 0.15) is 6.61 Å². The van der Waals surface area contributed by atoms with Crippen molar-refractivity contribution in [3.8, 4) is 11.1 Å². The lowest BCUT2D eigenvalue weighted by Crippen LogP contribution is -2.54. The van der Waals surface area contributed by atoms with E-state index in [0.29, 0.717) is 0 Å². The van der Waals surface area contributed by atoms with Crippen molar-refractivity contribution in [3.63, 3.8) is 0 Å². The Labute approximate surface area is 181 Å². The number of aliphatic imine (C=N–C) groups is 1. The summed E-state index contributed by atoms with van der Waals surface area (Å²) in [6.45, 7) is -2.87. The third kappa shape index (κ3) is 4.97. The quantitative estimate of drug-likeness (QED) is 0.249. The van der Waals surface area contributed by atoms with Crippen molar-refractivity contribution in [1.29, 1.82) is 0 Å². The molecule has 33 heavy (non-hydrogen) atoms. The summed E-state index contributed by atoms with van der Waals surface area (Å²) in [6, 6.07) is 13.8. The summed E-state index contributed by atoms with van der Waals surface area (Å²) in [6.07, 6.45) is -6.42. The Balaban J connectivity index is 0.000000431. The maximum atomic E-state index is 13.2. The first kappa shape index (κ1) is 24.2. The van der Waals surface area contributed by atoms with Crippen LogP contribution in [0.25, 0.3) is 11.1 Å². The van der Waals surface area contributed by atoms with Crippen LogP contribution in [-0.2, 0) is 20.9 Å². The Morgan fingerprint density at radius 3 is 2.00 bits per heavy atom. The van der Waals surface area contributed by atoms with Crippen molar-refractivity contribution in [2.45, 2.75) is 24.6 Å². The number of nitrogens with zero attached hydrogens (tertiary/aromatic N) is 2. The van der Waals surface area contributed by atoms with Gasteiger partial charge in [0.2, 0.25) is 5.90 Å². The third-order valence-electron chi connectivity index (χ3n) is 4.46. The zero-order valence-corrected chi connectivity index (χ0v) is 16.4. The first-order chi connectivity index (χ1) is 15.4. The molecule has 0 atom stereocenters. The molecule has 0 spiro atoms. The number of hydrogen-bond donors (Lipinski definition) is 1. The van der Waals surface area contributed by atoms with Gasteiger partial charge in [-0.2, -0.15) is 40.8 Å². The number of amidine groups is 1. The van der Waals surface area contributed by atoms with Crippen LogP contribution in [-0.4, -0.2) is 42.3 Å². The lowest BCUT2D eigenvalue weighted by Gasteiger charge is -2.27. The number of cyclic esters (lactones) is 1. The molecule has 0 unspecified atom stereocenters. The minimum Gasteiger partial charge on any atom is -0.401 e. The number of fused-ring (bicyclic) bond motifs is 1. The minimum atomic E-state index is -6.42. The summed E-state index contributed by atoms with van der Waals surface area (Å²) in [5, 5.41) is 3.07. The second-order valence-corrected chi connectivity index (χ2v) is 6.81. The second-order valence-electron chi connectivity index (χ2n) is 6.81. The molecule has 1 aromatic rings. The van der Waals surface area contributed by atoms with Crippen molar-refractivity contribution >= 4 is 17.7 Å². The highest BCUT2D eigenvalue weighted by molar-refractivity contribution is 6.43. The summed E-state index contributed by atoms with van der Waals surface area (Å²) >= 11 is 0. The number of hydrogen-bond acceptors (Lipinski definition) is 5. The van der Waals surface area contributed by atoms with Gasteiger partial charge in [-0.3, -0.25) is 0 Å². The van der Waals surface area contributed by atoms with E-state index in [1.165, 1.54) is 35.4 Å². The highest BCUT2D eigenvalue weighted by Gasteiger charge is 2.72. The SMILES string of the molecule is NN=C1N=C(c2cccc(COCC(F)(F)C(F)(F)C(F)(F)F)c2)OC1=O.c1cc2ccc1-2. The van der Waals surface area contributed by atoms with E-state index in [0.717, 1.165) is 0 Å². The van der Waals surface area contributed by atoms with Crippen LogP contribution in [0.1, 0.15) is 11.1 Å². The van der Waals surface area contributed by atoms with Gasteiger partial charge in [-0.15, -0.1) is 0 Å². The van der Waals surface area contributed by atoms with Gasteiger partial charge < -0.3 is 15.3 Å². The van der Waals surface area contributed by atoms with Crippen molar-refractivity contribution in [3.05, 3.63) is 59.7 Å². The largest absolute Gasteiger partial charge is 0.459 e. The molecule has 6 nitrogen and oxygen atoms in total. The Morgan fingerprint density at radius 2 is 1.55 bits per heavy atom. The maximum Gasteiger partial charge on any atom is 0.459 e. The summed E-state index contributed by atoms with van der Waals surface area (Å²) in [5.41, 5.74) is 3.15. The van der Waals surface area contributed by atoms with Crippen molar-refractivity contribution in [1.82, 2.24) is 0 Å². The average Bonchev–Trinajstić information content (AvgIpc) is 3.11. The number of alkyl halides is 7. The van der Waals surface area contributed by atoms with Crippen molar-refractivity contribution < 1.29 is 45.0 Å².